The Labute approximate surface area is 256 Å². The summed E-state index contributed by atoms with van der Waals surface area (Å²) in [6.45, 7) is 0. The van der Waals surface area contributed by atoms with Crippen LogP contribution in [0.4, 0.5) is 0 Å². The van der Waals surface area contributed by atoms with Crippen molar-refractivity contribution in [2.45, 2.75) is 38.3 Å². The van der Waals surface area contributed by atoms with Gasteiger partial charge in [0.2, 0.25) is 0 Å². The minimum atomic E-state index is 0.0267. The molecule has 1 atom stereocenters. The first-order valence-corrected chi connectivity index (χ1v) is 15.7. The van der Waals surface area contributed by atoms with Gasteiger partial charge in [0.1, 0.15) is 12.0 Å². The molecule has 44 heavy (non-hydrogen) atoms. The number of rotatable bonds is 4. The lowest BCUT2D eigenvalue weighted by Crippen LogP contribution is -2.16. The van der Waals surface area contributed by atoms with Crippen molar-refractivity contribution in [2.24, 2.45) is 4.99 Å². The van der Waals surface area contributed by atoms with Crippen LogP contribution in [0.5, 0.6) is 0 Å². The minimum Gasteiger partial charge on any atom is -0.321 e. The summed E-state index contributed by atoms with van der Waals surface area (Å²) in [5, 5.41) is 3.79. The lowest BCUT2D eigenvalue weighted by molar-refractivity contribution is 0.524. The van der Waals surface area contributed by atoms with Gasteiger partial charge in [-0.05, 0) is 61.6 Å². The highest BCUT2D eigenvalue weighted by Gasteiger charge is 2.27. The van der Waals surface area contributed by atoms with Crippen LogP contribution in [0.1, 0.15) is 43.1 Å². The average molecular weight is 569 g/mol. The maximum Gasteiger partial charge on any atom is 0.138 e. The predicted octanol–water partition coefficient (Wildman–Crippen LogP) is 9.94. The first-order valence-electron chi connectivity index (χ1n) is 15.7. The molecule has 3 aromatic carbocycles. The Hall–Kier alpha value is -5.22. The highest BCUT2D eigenvalue weighted by Crippen LogP contribution is 2.43. The van der Waals surface area contributed by atoms with Crippen molar-refractivity contribution in [3.63, 3.8) is 0 Å². The molecule has 0 amide bonds. The molecule has 0 radical (unpaired) electrons. The summed E-state index contributed by atoms with van der Waals surface area (Å²) in [7, 11) is 0. The number of hydrogen-bond acceptors (Lipinski definition) is 2. The fourth-order valence-electron chi connectivity index (χ4n) is 7.38. The summed E-state index contributed by atoms with van der Waals surface area (Å²) in [5.74, 6) is 0.934. The Bertz CT molecular complexity index is 2250. The van der Waals surface area contributed by atoms with Crippen molar-refractivity contribution >= 4 is 44.5 Å². The van der Waals surface area contributed by atoms with Gasteiger partial charge in [-0.3, -0.25) is 9.56 Å². The molecule has 2 aliphatic carbocycles. The van der Waals surface area contributed by atoms with Crippen molar-refractivity contribution in [1.82, 2.24) is 14.1 Å². The van der Waals surface area contributed by atoms with Crippen LogP contribution in [0.25, 0.3) is 55.9 Å². The van der Waals surface area contributed by atoms with Gasteiger partial charge in [0.25, 0.3) is 0 Å². The number of fused-ring (bicyclic) bond motifs is 7. The quantitative estimate of drug-likeness (QED) is 0.208. The predicted molar refractivity (Wildman–Crippen MR) is 184 cm³/mol. The molecule has 0 saturated heterocycles. The molecule has 1 aliphatic heterocycles. The van der Waals surface area contributed by atoms with Gasteiger partial charge in [-0.15, -0.1) is 0 Å². The Morgan fingerprint density at radius 1 is 0.682 bits per heavy atom. The summed E-state index contributed by atoms with van der Waals surface area (Å²) in [6, 6.07) is 30.2. The molecule has 0 N–H and O–H groups in total. The zero-order valence-corrected chi connectivity index (χ0v) is 24.5. The highest BCUT2D eigenvalue weighted by molar-refractivity contribution is 6.20. The summed E-state index contributed by atoms with van der Waals surface area (Å²) >= 11 is 0. The van der Waals surface area contributed by atoms with E-state index in [-0.39, 0.29) is 6.17 Å². The number of benzene rings is 3. The smallest absolute Gasteiger partial charge is 0.138 e. The van der Waals surface area contributed by atoms with E-state index in [2.05, 4.69) is 137 Å². The Balaban J connectivity index is 1.33. The van der Waals surface area contributed by atoms with E-state index in [4.69, 9.17) is 9.98 Å². The van der Waals surface area contributed by atoms with Crippen molar-refractivity contribution in [2.75, 3.05) is 0 Å². The molecule has 4 heterocycles. The zero-order chi connectivity index (χ0) is 29.0. The number of aliphatic imine (C=N–C) groups is 1. The minimum absolute atomic E-state index is 0.0267. The Morgan fingerprint density at radius 3 is 2.48 bits per heavy atom. The molecule has 3 aliphatic rings. The van der Waals surface area contributed by atoms with Gasteiger partial charge < -0.3 is 4.57 Å². The first kappa shape index (κ1) is 25.3. The van der Waals surface area contributed by atoms with Gasteiger partial charge in [-0.2, -0.15) is 0 Å². The van der Waals surface area contributed by atoms with Crippen LogP contribution in [0, 0.1) is 0 Å². The molecule has 4 heteroatoms. The molecule has 0 bridgehead atoms. The van der Waals surface area contributed by atoms with Crippen molar-refractivity contribution < 1.29 is 0 Å². The lowest BCUT2D eigenvalue weighted by Gasteiger charge is -2.23. The van der Waals surface area contributed by atoms with E-state index >= 15 is 0 Å². The summed E-state index contributed by atoms with van der Waals surface area (Å²) in [5.41, 5.74) is 10.8. The molecule has 0 saturated carbocycles. The average Bonchev–Trinajstić information content (AvgIpc) is 3.62. The Morgan fingerprint density at radius 2 is 1.57 bits per heavy atom. The maximum atomic E-state index is 5.38. The normalized spacial score (nSPS) is 17.8. The van der Waals surface area contributed by atoms with E-state index in [9.17, 15) is 0 Å². The highest BCUT2D eigenvalue weighted by atomic mass is 15.2. The van der Waals surface area contributed by atoms with E-state index in [1.54, 1.807) is 0 Å². The Kier molecular flexibility index (Phi) is 5.86. The molecule has 4 nitrogen and oxygen atoms in total. The number of para-hydroxylation sites is 1. The molecule has 1 unspecified atom stereocenters. The third kappa shape index (κ3) is 3.91. The van der Waals surface area contributed by atoms with Crippen molar-refractivity contribution in [3.05, 3.63) is 138 Å². The third-order valence-electron chi connectivity index (χ3n) is 9.31. The molecule has 0 fully saturated rings. The molecule has 3 aromatic heterocycles. The number of aromatic nitrogens is 3. The van der Waals surface area contributed by atoms with Crippen LogP contribution in [0.2, 0.25) is 0 Å². The van der Waals surface area contributed by atoms with Gasteiger partial charge in [0.15, 0.2) is 0 Å². The molecule has 9 rings (SSSR count). The summed E-state index contributed by atoms with van der Waals surface area (Å²) in [6.07, 6.45) is 21.2. The van der Waals surface area contributed by atoms with E-state index in [0.29, 0.717) is 0 Å². The molecule has 0 spiro atoms. The van der Waals surface area contributed by atoms with E-state index in [1.165, 1.54) is 49.5 Å². The molecule has 212 valence electrons. The van der Waals surface area contributed by atoms with Crippen LogP contribution in [-0.4, -0.2) is 19.8 Å². The second-order valence-corrected chi connectivity index (χ2v) is 11.9. The number of dihydropyridines is 1. The van der Waals surface area contributed by atoms with Gasteiger partial charge in [0, 0.05) is 39.4 Å². The fourth-order valence-corrected chi connectivity index (χ4v) is 7.38. The van der Waals surface area contributed by atoms with Crippen LogP contribution < -0.4 is 0 Å². The van der Waals surface area contributed by atoms with Crippen LogP contribution in [-0.2, 0) is 6.42 Å². The number of nitrogens with zero attached hydrogens (tertiary/aromatic N) is 4. The lowest BCUT2D eigenvalue weighted by atomic mass is 10.00. The van der Waals surface area contributed by atoms with E-state index in [0.717, 1.165) is 54.9 Å². The second kappa shape index (κ2) is 10.2. The maximum absolute atomic E-state index is 5.38. The molecule has 6 aromatic rings. The van der Waals surface area contributed by atoms with E-state index < -0.39 is 0 Å². The number of hydrogen-bond donors (Lipinski definition) is 0. The van der Waals surface area contributed by atoms with Gasteiger partial charge in [-0.1, -0.05) is 97.1 Å². The SMILES string of the molecule is C1=CC(C2=NC(n3c4c(c5c3ccc3c6ccccc6n(-c6cccc(-c7ccccc7)n6)c35)C=CCC4)CC=C2)=CCC1. The third-order valence-corrected chi connectivity index (χ3v) is 9.31. The number of allylic oxidation sites excluding steroid dienone is 6. The fraction of sp³-hybridized carbons (Fsp3) is 0.150. The molecular weight excluding hydrogens is 536 g/mol. The largest absolute Gasteiger partial charge is 0.321 e. The monoisotopic (exact) mass is 568 g/mol. The van der Waals surface area contributed by atoms with E-state index in [1.807, 2.05) is 0 Å². The van der Waals surface area contributed by atoms with Crippen molar-refractivity contribution in [3.8, 4) is 17.1 Å². The topological polar surface area (TPSA) is 35.1 Å². The van der Waals surface area contributed by atoms with Gasteiger partial charge in [0.05, 0.1) is 28.0 Å². The first-order chi connectivity index (χ1) is 21.8. The van der Waals surface area contributed by atoms with Crippen LogP contribution in [0.15, 0.2) is 132 Å². The standard InChI is InChI=1S/C40H32N4/c1-3-13-27(14-4-1)32-19-11-23-37(41-32)43-35-22-10-8-18-31(35)39-36(43)26-25-30-29-17-7-9-21-34(29)44(40(30)39)38-24-12-20-33(42-38)28-15-5-2-6-16-28/h2-3,5-9,11-21,24-26,37H,1,4,10,22-23H2. The summed E-state index contributed by atoms with van der Waals surface area (Å²) in [4.78, 5) is 10.6. The number of pyridine rings is 1. The van der Waals surface area contributed by atoms with Crippen LogP contribution >= 0.6 is 0 Å². The second-order valence-electron chi connectivity index (χ2n) is 11.9. The summed E-state index contributed by atoms with van der Waals surface area (Å²) < 4.78 is 4.93. The van der Waals surface area contributed by atoms with Gasteiger partial charge in [-0.25, -0.2) is 4.98 Å². The van der Waals surface area contributed by atoms with Gasteiger partial charge >= 0.3 is 0 Å². The van der Waals surface area contributed by atoms with Crippen LogP contribution in [0.3, 0.4) is 0 Å². The molecular formula is C40H32N4. The van der Waals surface area contributed by atoms with Crippen molar-refractivity contribution in [1.29, 1.82) is 0 Å². The zero-order valence-electron chi connectivity index (χ0n) is 24.5.